The molecule has 6 heteroatoms. The lowest BCUT2D eigenvalue weighted by atomic mass is 9.95. The number of hydrogen-bond donors (Lipinski definition) is 1. The second-order valence-electron chi connectivity index (χ2n) is 6.06. The molecule has 0 unspecified atom stereocenters. The first-order chi connectivity index (χ1) is 11.4. The smallest absolute Gasteiger partial charge is 0.244 e. The third-order valence-corrected chi connectivity index (χ3v) is 6.40. The van der Waals surface area contributed by atoms with Crippen molar-refractivity contribution in [2.75, 3.05) is 13.1 Å². The lowest BCUT2D eigenvalue weighted by molar-refractivity contribution is 0.470. The van der Waals surface area contributed by atoms with Crippen molar-refractivity contribution in [1.82, 2.24) is 4.31 Å². The van der Waals surface area contributed by atoms with Crippen molar-refractivity contribution in [2.24, 2.45) is 5.73 Å². The minimum atomic E-state index is -3.75. The molecule has 0 saturated carbocycles. The zero-order valence-corrected chi connectivity index (χ0v) is 14.2. The maximum absolute atomic E-state index is 13.0. The zero-order valence-electron chi connectivity index (χ0n) is 13.4. The number of sulfonamides is 1. The average Bonchev–Trinajstić information content (AvgIpc) is 2.98. The van der Waals surface area contributed by atoms with Crippen LogP contribution in [0.1, 0.15) is 22.6 Å². The summed E-state index contributed by atoms with van der Waals surface area (Å²) in [4.78, 5) is 0.0610. The van der Waals surface area contributed by atoms with E-state index in [2.05, 4.69) is 0 Å². The number of nitriles is 1. The Hall–Kier alpha value is -2.20. The molecule has 3 rings (SSSR count). The van der Waals surface area contributed by atoms with E-state index in [9.17, 15) is 13.7 Å². The maximum Gasteiger partial charge on any atom is 0.244 e. The van der Waals surface area contributed by atoms with Crippen molar-refractivity contribution in [2.45, 2.75) is 23.8 Å². The number of rotatable bonds is 3. The molecule has 0 amide bonds. The lowest BCUT2D eigenvalue weighted by Gasteiger charge is -2.18. The predicted octanol–water partition coefficient (Wildman–Crippen LogP) is 1.98. The largest absolute Gasteiger partial charge is 0.326 e. The third kappa shape index (κ3) is 2.82. The van der Waals surface area contributed by atoms with Crippen molar-refractivity contribution in [1.29, 1.82) is 5.26 Å². The van der Waals surface area contributed by atoms with Gasteiger partial charge in [-0.2, -0.15) is 9.57 Å². The molecule has 2 aromatic carbocycles. The first-order valence-electron chi connectivity index (χ1n) is 7.75. The van der Waals surface area contributed by atoms with Crippen molar-refractivity contribution in [3.8, 4) is 6.07 Å². The first kappa shape index (κ1) is 16.7. The second kappa shape index (κ2) is 6.36. The third-order valence-electron chi connectivity index (χ3n) is 4.52. The van der Waals surface area contributed by atoms with E-state index in [1.807, 2.05) is 36.4 Å². The summed E-state index contributed by atoms with van der Waals surface area (Å²) in [7, 11) is -3.75. The SMILES string of the molecule is Cc1cccc(S(=O)(=O)N2C[C@@H](N)[C@H](c3ccccc3)C2)c1C#N. The Labute approximate surface area is 142 Å². The highest BCUT2D eigenvalue weighted by Crippen LogP contribution is 2.31. The maximum atomic E-state index is 13.0. The molecule has 24 heavy (non-hydrogen) atoms. The molecule has 2 aromatic rings. The van der Waals surface area contributed by atoms with Crippen LogP contribution in [0.5, 0.6) is 0 Å². The molecule has 0 aromatic heterocycles. The fourth-order valence-corrected chi connectivity index (χ4v) is 4.90. The standard InChI is InChI=1S/C18H19N3O2S/c1-13-6-5-9-18(15(13)10-19)24(22,23)21-11-16(17(20)12-21)14-7-3-2-4-8-14/h2-9,16-17H,11-12,20H2,1H3/t16-,17+/m0/s1. The topological polar surface area (TPSA) is 87.2 Å². The van der Waals surface area contributed by atoms with Gasteiger partial charge in [0.2, 0.25) is 10.0 Å². The first-order valence-corrected chi connectivity index (χ1v) is 9.19. The number of benzene rings is 2. The molecule has 2 N–H and O–H groups in total. The Morgan fingerprint density at radius 3 is 2.50 bits per heavy atom. The number of nitrogens with zero attached hydrogens (tertiary/aromatic N) is 2. The van der Waals surface area contributed by atoms with Gasteiger partial charge in [0, 0.05) is 25.0 Å². The molecule has 5 nitrogen and oxygen atoms in total. The van der Waals surface area contributed by atoms with Gasteiger partial charge in [-0.25, -0.2) is 8.42 Å². The van der Waals surface area contributed by atoms with Gasteiger partial charge in [0.25, 0.3) is 0 Å². The average molecular weight is 341 g/mol. The summed E-state index contributed by atoms with van der Waals surface area (Å²) in [5.74, 6) is -0.0451. The van der Waals surface area contributed by atoms with Crippen LogP contribution in [0.2, 0.25) is 0 Å². The van der Waals surface area contributed by atoms with Crippen molar-refractivity contribution >= 4 is 10.0 Å². The van der Waals surface area contributed by atoms with E-state index in [4.69, 9.17) is 5.73 Å². The number of aryl methyl sites for hydroxylation is 1. The molecule has 2 atom stereocenters. The zero-order chi connectivity index (χ0) is 17.3. The van der Waals surface area contributed by atoms with Gasteiger partial charge in [0.1, 0.15) is 11.0 Å². The van der Waals surface area contributed by atoms with E-state index in [1.54, 1.807) is 19.1 Å². The summed E-state index contributed by atoms with van der Waals surface area (Å²) in [5.41, 5.74) is 8.10. The molecular weight excluding hydrogens is 322 g/mol. The minimum Gasteiger partial charge on any atom is -0.326 e. The van der Waals surface area contributed by atoms with E-state index in [0.29, 0.717) is 12.1 Å². The van der Waals surface area contributed by atoms with Gasteiger partial charge in [0.15, 0.2) is 0 Å². The Morgan fingerprint density at radius 2 is 1.83 bits per heavy atom. The molecule has 0 spiro atoms. The molecule has 0 radical (unpaired) electrons. The molecule has 0 aliphatic carbocycles. The molecule has 1 aliphatic heterocycles. The van der Waals surface area contributed by atoms with Gasteiger partial charge in [0.05, 0.1) is 5.56 Å². The van der Waals surface area contributed by atoms with Crippen LogP contribution in [0.25, 0.3) is 0 Å². The van der Waals surface area contributed by atoms with E-state index in [1.165, 1.54) is 10.4 Å². The van der Waals surface area contributed by atoms with Crippen molar-refractivity contribution < 1.29 is 8.42 Å². The van der Waals surface area contributed by atoms with Crippen LogP contribution in [0.15, 0.2) is 53.4 Å². The van der Waals surface area contributed by atoms with Crippen LogP contribution in [0, 0.1) is 18.3 Å². The Kier molecular flexibility index (Phi) is 4.41. The van der Waals surface area contributed by atoms with E-state index in [-0.39, 0.29) is 29.0 Å². The summed E-state index contributed by atoms with van der Waals surface area (Å²) in [5, 5.41) is 9.33. The highest BCUT2D eigenvalue weighted by Gasteiger charge is 2.39. The summed E-state index contributed by atoms with van der Waals surface area (Å²) >= 11 is 0. The highest BCUT2D eigenvalue weighted by molar-refractivity contribution is 7.89. The van der Waals surface area contributed by atoms with E-state index < -0.39 is 10.0 Å². The van der Waals surface area contributed by atoms with Gasteiger partial charge in [-0.05, 0) is 24.1 Å². The fourth-order valence-electron chi connectivity index (χ4n) is 3.18. The van der Waals surface area contributed by atoms with Gasteiger partial charge >= 0.3 is 0 Å². The summed E-state index contributed by atoms with van der Waals surface area (Å²) in [6, 6.07) is 16.3. The number of hydrogen-bond acceptors (Lipinski definition) is 4. The molecule has 1 aliphatic rings. The molecule has 1 heterocycles. The van der Waals surface area contributed by atoms with Crippen LogP contribution in [0.3, 0.4) is 0 Å². The Bertz CT molecular complexity index is 888. The Morgan fingerprint density at radius 1 is 1.12 bits per heavy atom. The van der Waals surface area contributed by atoms with Crippen LogP contribution < -0.4 is 5.73 Å². The molecule has 1 fully saturated rings. The van der Waals surface area contributed by atoms with Crippen LogP contribution in [0.4, 0.5) is 0 Å². The van der Waals surface area contributed by atoms with Crippen LogP contribution >= 0.6 is 0 Å². The Balaban J connectivity index is 1.96. The molecule has 124 valence electrons. The molecular formula is C18H19N3O2S. The second-order valence-corrected chi connectivity index (χ2v) is 7.97. The molecule has 1 saturated heterocycles. The fraction of sp³-hybridized carbons (Fsp3) is 0.278. The van der Waals surface area contributed by atoms with Crippen LogP contribution in [-0.4, -0.2) is 31.9 Å². The van der Waals surface area contributed by atoms with Gasteiger partial charge in [-0.1, -0.05) is 42.5 Å². The predicted molar refractivity (Wildman–Crippen MR) is 91.8 cm³/mol. The highest BCUT2D eigenvalue weighted by atomic mass is 32.2. The summed E-state index contributed by atoms with van der Waals surface area (Å²) in [6.45, 7) is 2.31. The number of nitrogens with two attached hydrogens (primary N) is 1. The molecule has 0 bridgehead atoms. The minimum absolute atomic E-state index is 0.0451. The van der Waals surface area contributed by atoms with Crippen molar-refractivity contribution in [3.63, 3.8) is 0 Å². The van der Waals surface area contributed by atoms with Gasteiger partial charge < -0.3 is 5.73 Å². The van der Waals surface area contributed by atoms with E-state index in [0.717, 1.165) is 5.56 Å². The lowest BCUT2D eigenvalue weighted by Crippen LogP contribution is -2.32. The van der Waals surface area contributed by atoms with Crippen molar-refractivity contribution in [3.05, 3.63) is 65.2 Å². The monoisotopic (exact) mass is 341 g/mol. The summed E-state index contributed by atoms with van der Waals surface area (Å²) < 4.78 is 27.4. The van der Waals surface area contributed by atoms with Gasteiger partial charge in [-0.15, -0.1) is 0 Å². The normalized spacial score (nSPS) is 21.5. The summed E-state index contributed by atoms with van der Waals surface area (Å²) in [6.07, 6.45) is 0. The van der Waals surface area contributed by atoms with E-state index >= 15 is 0 Å². The van der Waals surface area contributed by atoms with Gasteiger partial charge in [-0.3, -0.25) is 0 Å². The van der Waals surface area contributed by atoms with Crippen LogP contribution in [-0.2, 0) is 10.0 Å². The quantitative estimate of drug-likeness (QED) is 0.925.